The molecule has 0 spiro atoms. The van der Waals surface area contributed by atoms with E-state index >= 15 is 0 Å². The quantitative estimate of drug-likeness (QED) is 0.649. The van der Waals surface area contributed by atoms with Crippen LogP contribution in [0.1, 0.15) is 25.3 Å². The highest BCUT2D eigenvalue weighted by Crippen LogP contribution is 2.33. The number of rotatable bonds is 5. The molecule has 0 amide bonds. The molecule has 0 saturated heterocycles. The first-order valence-electron chi connectivity index (χ1n) is 5.78. The van der Waals surface area contributed by atoms with Crippen LogP contribution in [-0.4, -0.2) is 11.0 Å². The lowest BCUT2D eigenvalue weighted by Crippen LogP contribution is -2.17. The van der Waals surface area contributed by atoms with Crippen LogP contribution in [0.25, 0.3) is 0 Å². The molecule has 0 heterocycles. The van der Waals surface area contributed by atoms with Crippen LogP contribution in [0.3, 0.4) is 0 Å². The standard InChI is InChI=1S/C12H15ClN2O2/c1-2-8-6-12(8)14-7-9-5-10(15(16)17)3-4-11(9)13/h3-5,8,12,14H,2,6-7H2,1H3. The van der Waals surface area contributed by atoms with Crippen molar-refractivity contribution in [3.05, 3.63) is 38.9 Å². The molecule has 2 rings (SSSR count). The van der Waals surface area contributed by atoms with Crippen molar-refractivity contribution in [1.82, 2.24) is 5.32 Å². The van der Waals surface area contributed by atoms with E-state index in [1.165, 1.54) is 18.9 Å². The first kappa shape index (κ1) is 12.3. The summed E-state index contributed by atoms with van der Waals surface area (Å²) >= 11 is 6.01. The minimum Gasteiger partial charge on any atom is -0.310 e. The Morgan fingerprint density at radius 1 is 1.59 bits per heavy atom. The lowest BCUT2D eigenvalue weighted by atomic mass is 10.2. The number of halogens is 1. The van der Waals surface area contributed by atoms with E-state index in [9.17, 15) is 10.1 Å². The molecular weight excluding hydrogens is 240 g/mol. The van der Waals surface area contributed by atoms with Crippen molar-refractivity contribution in [2.45, 2.75) is 32.4 Å². The number of nitrogens with zero attached hydrogens (tertiary/aromatic N) is 1. The highest BCUT2D eigenvalue weighted by atomic mass is 35.5. The number of nitro benzene ring substituents is 1. The monoisotopic (exact) mass is 254 g/mol. The number of hydrogen-bond acceptors (Lipinski definition) is 3. The van der Waals surface area contributed by atoms with Crippen LogP contribution in [0.4, 0.5) is 5.69 Å². The second kappa shape index (κ2) is 5.02. The lowest BCUT2D eigenvalue weighted by molar-refractivity contribution is -0.384. The van der Waals surface area contributed by atoms with Crippen LogP contribution < -0.4 is 5.32 Å². The zero-order valence-corrected chi connectivity index (χ0v) is 10.4. The van der Waals surface area contributed by atoms with Gasteiger partial charge in [-0.05, 0) is 24.0 Å². The zero-order valence-electron chi connectivity index (χ0n) is 9.65. The van der Waals surface area contributed by atoms with Gasteiger partial charge in [-0.3, -0.25) is 10.1 Å². The third-order valence-corrected chi connectivity index (χ3v) is 3.61. The number of nitro groups is 1. The highest BCUT2D eigenvalue weighted by molar-refractivity contribution is 6.31. The molecule has 0 aliphatic heterocycles. The Hall–Kier alpha value is -1.13. The average Bonchev–Trinajstić information content (AvgIpc) is 3.06. The van der Waals surface area contributed by atoms with E-state index in [1.807, 2.05) is 0 Å². The van der Waals surface area contributed by atoms with E-state index in [1.54, 1.807) is 12.1 Å². The fraction of sp³-hybridized carbons (Fsp3) is 0.500. The highest BCUT2D eigenvalue weighted by Gasteiger charge is 2.34. The van der Waals surface area contributed by atoms with Gasteiger partial charge in [0.1, 0.15) is 0 Å². The summed E-state index contributed by atoms with van der Waals surface area (Å²) in [4.78, 5) is 10.3. The van der Waals surface area contributed by atoms with Crippen molar-refractivity contribution in [1.29, 1.82) is 0 Å². The molecule has 4 nitrogen and oxygen atoms in total. The van der Waals surface area contributed by atoms with E-state index in [2.05, 4.69) is 12.2 Å². The molecule has 5 heteroatoms. The maximum absolute atomic E-state index is 10.7. The predicted molar refractivity (Wildman–Crippen MR) is 67.1 cm³/mol. The summed E-state index contributed by atoms with van der Waals surface area (Å²) in [6, 6.07) is 5.10. The molecule has 2 atom stereocenters. The van der Waals surface area contributed by atoms with Gasteiger partial charge in [-0.25, -0.2) is 0 Å². The van der Waals surface area contributed by atoms with Gasteiger partial charge in [0.2, 0.25) is 0 Å². The van der Waals surface area contributed by atoms with Crippen molar-refractivity contribution >= 4 is 17.3 Å². The normalized spacial score (nSPS) is 22.5. The smallest absolute Gasteiger partial charge is 0.269 e. The molecular formula is C12H15ClN2O2. The van der Waals surface area contributed by atoms with Gasteiger partial charge in [0.25, 0.3) is 5.69 Å². The Balaban J connectivity index is 1.99. The van der Waals surface area contributed by atoms with Crippen molar-refractivity contribution in [3.8, 4) is 0 Å². The van der Waals surface area contributed by atoms with Crippen LogP contribution in [0.5, 0.6) is 0 Å². The van der Waals surface area contributed by atoms with Crippen molar-refractivity contribution < 1.29 is 4.92 Å². The lowest BCUT2D eigenvalue weighted by Gasteiger charge is -2.06. The van der Waals surface area contributed by atoms with Crippen LogP contribution >= 0.6 is 11.6 Å². The maximum Gasteiger partial charge on any atom is 0.269 e. The Kier molecular flexibility index (Phi) is 3.64. The Morgan fingerprint density at radius 2 is 2.35 bits per heavy atom. The molecule has 1 fully saturated rings. The molecule has 1 saturated carbocycles. The summed E-state index contributed by atoms with van der Waals surface area (Å²) in [5.74, 6) is 0.757. The van der Waals surface area contributed by atoms with Gasteiger partial charge in [-0.2, -0.15) is 0 Å². The topological polar surface area (TPSA) is 55.2 Å². The van der Waals surface area contributed by atoms with Gasteiger partial charge in [-0.15, -0.1) is 0 Å². The molecule has 0 bridgehead atoms. The minimum atomic E-state index is -0.397. The third kappa shape index (κ3) is 2.96. The number of benzene rings is 1. The number of nitrogens with one attached hydrogen (secondary N) is 1. The molecule has 17 heavy (non-hydrogen) atoms. The first-order chi connectivity index (χ1) is 8.11. The Bertz CT molecular complexity index is 437. The van der Waals surface area contributed by atoms with Gasteiger partial charge in [0.15, 0.2) is 0 Å². The molecule has 92 valence electrons. The molecule has 1 aromatic carbocycles. The number of hydrogen-bond donors (Lipinski definition) is 1. The fourth-order valence-corrected chi connectivity index (χ4v) is 2.18. The van der Waals surface area contributed by atoms with Gasteiger partial charge in [0.05, 0.1) is 4.92 Å². The predicted octanol–water partition coefficient (Wildman–Crippen LogP) is 3.14. The van der Waals surface area contributed by atoms with Crippen molar-refractivity contribution in [3.63, 3.8) is 0 Å². The summed E-state index contributed by atoms with van der Waals surface area (Å²) in [7, 11) is 0. The van der Waals surface area contributed by atoms with Crippen LogP contribution in [0, 0.1) is 16.0 Å². The third-order valence-electron chi connectivity index (χ3n) is 3.24. The van der Waals surface area contributed by atoms with Crippen molar-refractivity contribution in [2.75, 3.05) is 0 Å². The summed E-state index contributed by atoms with van der Waals surface area (Å²) in [5, 5.41) is 14.6. The van der Waals surface area contributed by atoms with Gasteiger partial charge in [-0.1, -0.05) is 24.9 Å². The minimum absolute atomic E-state index is 0.0917. The molecule has 2 unspecified atom stereocenters. The summed E-state index contributed by atoms with van der Waals surface area (Å²) in [5.41, 5.74) is 0.886. The second-order valence-corrected chi connectivity index (χ2v) is 4.83. The van der Waals surface area contributed by atoms with Crippen molar-refractivity contribution in [2.24, 2.45) is 5.92 Å². The van der Waals surface area contributed by atoms with E-state index in [0.29, 0.717) is 17.6 Å². The van der Waals surface area contributed by atoms with Crippen LogP contribution in [0.2, 0.25) is 5.02 Å². The van der Waals surface area contributed by atoms with Gasteiger partial charge in [0, 0.05) is 29.7 Å². The Labute approximate surface area is 105 Å². The van der Waals surface area contributed by atoms with E-state index in [4.69, 9.17) is 11.6 Å². The second-order valence-electron chi connectivity index (χ2n) is 4.42. The first-order valence-corrected chi connectivity index (χ1v) is 6.15. The average molecular weight is 255 g/mol. The maximum atomic E-state index is 10.7. The molecule has 0 radical (unpaired) electrons. The van der Waals surface area contributed by atoms with Crippen LogP contribution in [0.15, 0.2) is 18.2 Å². The summed E-state index contributed by atoms with van der Waals surface area (Å²) in [6.07, 6.45) is 2.38. The van der Waals surface area contributed by atoms with Crippen LogP contribution in [-0.2, 0) is 6.54 Å². The molecule has 1 N–H and O–H groups in total. The summed E-state index contributed by atoms with van der Waals surface area (Å²) in [6.45, 7) is 2.77. The number of non-ortho nitro benzene ring substituents is 1. The SMILES string of the molecule is CCC1CC1NCc1cc([N+](=O)[O-])ccc1Cl. The van der Waals surface area contributed by atoms with Gasteiger partial charge < -0.3 is 5.32 Å². The van der Waals surface area contributed by atoms with E-state index < -0.39 is 4.92 Å². The Morgan fingerprint density at radius 3 is 2.94 bits per heavy atom. The molecule has 1 aliphatic rings. The fourth-order valence-electron chi connectivity index (χ4n) is 2.00. The van der Waals surface area contributed by atoms with E-state index in [-0.39, 0.29) is 5.69 Å². The summed E-state index contributed by atoms with van der Waals surface area (Å²) < 4.78 is 0. The van der Waals surface area contributed by atoms with E-state index in [0.717, 1.165) is 11.5 Å². The molecule has 0 aromatic heterocycles. The molecule has 1 aromatic rings. The zero-order chi connectivity index (χ0) is 12.4. The largest absolute Gasteiger partial charge is 0.310 e. The molecule has 1 aliphatic carbocycles. The van der Waals surface area contributed by atoms with Gasteiger partial charge >= 0.3 is 0 Å².